The lowest BCUT2D eigenvalue weighted by molar-refractivity contribution is -0.121. The number of amides is 1. The van der Waals surface area contributed by atoms with Crippen molar-refractivity contribution in [2.75, 3.05) is 19.7 Å². The third-order valence-electron chi connectivity index (χ3n) is 3.75. The smallest absolute Gasteiger partial charge is 0.234 e. The zero-order valence-electron chi connectivity index (χ0n) is 11.3. The summed E-state index contributed by atoms with van der Waals surface area (Å²) in [6.45, 7) is 7.58. The second kappa shape index (κ2) is 5.83. The summed E-state index contributed by atoms with van der Waals surface area (Å²) in [5.41, 5.74) is 0.149. The minimum absolute atomic E-state index is 0.0525. The molecule has 1 amide bonds. The topological polar surface area (TPSA) is 61.4 Å². The molecule has 1 fully saturated rings. The summed E-state index contributed by atoms with van der Waals surface area (Å²) in [6, 6.07) is 0. The van der Waals surface area contributed by atoms with Gasteiger partial charge < -0.3 is 15.7 Å². The van der Waals surface area contributed by atoms with Crippen molar-refractivity contribution in [3.05, 3.63) is 0 Å². The molecule has 0 aromatic carbocycles. The van der Waals surface area contributed by atoms with Crippen molar-refractivity contribution in [3.8, 4) is 0 Å². The van der Waals surface area contributed by atoms with Gasteiger partial charge in [0.05, 0.1) is 6.54 Å². The fraction of sp³-hybridized carbons (Fsp3) is 0.923. The Morgan fingerprint density at radius 1 is 1.41 bits per heavy atom. The third kappa shape index (κ3) is 5.04. The number of carbonyl (C=O) groups excluding carboxylic acids is 1. The van der Waals surface area contributed by atoms with Gasteiger partial charge in [0.2, 0.25) is 5.91 Å². The molecule has 1 aliphatic carbocycles. The monoisotopic (exact) mass is 242 g/mol. The standard InChI is InChI=1S/C13H26N2O2/c1-4-12(2,3)15-11(17)9-14-10-13(5-6-13)7-8-16/h14,16H,4-10H2,1-3H3,(H,15,17). The Bertz CT molecular complexity index is 260. The van der Waals surface area contributed by atoms with Crippen LogP contribution in [0.1, 0.15) is 46.5 Å². The fourth-order valence-electron chi connectivity index (χ4n) is 1.88. The molecule has 0 heterocycles. The molecule has 1 rings (SSSR count). The average molecular weight is 242 g/mol. The van der Waals surface area contributed by atoms with Crippen LogP contribution in [0.5, 0.6) is 0 Å². The van der Waals surface area contributed by atoms with Crippen LogP contribution < -0.4 is 10.6 Å². The maximum absolute atomic E-state index is 11.7. The van der Waals surface area contributed by atoms with Gasteiger partial charge in [-0.05, 0) is 44.9 Å². The molecular formula is C13H26N2O2. The molecule has 0 aliphatic heterocycles. The highest BCUT2D eigenvalue weighted by Gasteiger charge is 2.41. The predicted molar refractivity (Wildman–Crippen MR) is 68.8 cm³/mol. The molecule has 17 heavy (non-hydrogen) atoms. The Morgan fingerprint density at radius 3 is 2.53 bits per heavy atom. The van der Waals surface area contributed by atoms with Crippen LogP contribution in [0.4, 0.5) is 0 Å². The summed E-state index contributed by atoms with van der Waals surface area (Å²) < 4.78 is 0. The van der Waals surface area contributed by atoms with Gasteiger partial charge in [-0.2, -0.15) is 0 Å². The zero-order valence-corrected chi connectivity index (χ0v) is 11.3. The van der Waals surface area contributed by atoms with Gasteiger partial charge in [0.25, 0.3) is 0 Å². The minimum atomic E-state index is -0.124. The van der Waals surface area contributed by atoms with Crippen molar-refractivity contribution >= 4 is 5.91 Å². The Labute approximate surface area is 104 Å². The van der Waals surface area contributed by atoms with Crippen LogP contribution in [0.15, 0.2) is 0 Å². The maximum atomic E-state index is 11.7. The van der Waals surface area contributed by atoms with Crippen molar-refractivity contribution in [1.29, 1.82) is 0 Å². The van der Waals surface area contributed by atoms with Crippen LogP contribution in [0.3, 0.4) is 0 Å². The lowest BCUT2D eigenvalue weighted by Crippen LogP contribution is -2.47. The number of aliphatic hydroxyl groups excluding tert-OH is 1. The lowest BCUT2D eigenvalue weighted by Gasteiger charge is -2.24. The van der Waals surface area contributed by atoms with Crippen LogP contribution in [-0.2, 0) is 4.79 Å². The summed E-state index contributed by atoms with van der Waals surface area (Å²) in [5.74, 6) is 0.0525. The van der Waals surface area contributed by atoms with E-state index in [0.717, 1.165) is 19.4 Å². The number of aliphatic hydroxyl groups is 1. The molecule has 0 atom stereocenters. The Kier molecular flexibility index (Phi) is 4.95. The molecule has 0 aromatic rings. The highest BCUT2D eigenvalue weighted by molar-refractivity contribution is 5.78. The molecule has 0 bridgehead atoms. The van der Waals surface area contributed by atoms with E-state index < -0.39 is 0 Å². The summed E-state index contributed by atoms with van der Waals surface area (Å²) in [5, 5.41) is 15.1. The minimum Gasteiger partial charge on any atom is -0.396 e. The summed E-state index contributed by atoms with van der Waals surface area (Å²) in [7, 11) is 0. The second-order valence-corrected chi connectivity index (χ2v) is 5.86. The van der Waals surface area contributed by atoms with Crippen LogP contribution >= 0.6 is 0 Å². The number of nitrogens with one attached hydrogen (secondary N) is 2. The number of rotatable bonds is 8. The molecule has 100 valence electrons. The Hall–Kier alpha value is -0.610. The van der Waals surface area contributed by atoms with Gasteiger partial charge in [-0.1, -0.05) is 6.92 Å². The van der Waals surface area contributed by atoms with E-state index in [4.69, 9.17) is 5.11 Å². The lowest BCUT2D eigenvalue weighted by atomic mass is 10.0. The summed E-state index contributed by atoms with van der Waals surface area (Å²) in [4.78, 5) is 11.7. The molecule has 1 saturated carbocycles. The normalized spacial score (nSPS) is 17.9. The van der Waals surface area contributed by atoms with Crippen molar-refractivity contribution in [2.45, 2.75) is 52.0 Å². The summed E-state index contributed by atoms with van der Waals surface area (Å²) >= 11 is 0. The predicted octanol–water partition coefficient (Wildman–Crippen LogP) is 1.04. The molecule has 0 aromatic heterocycles. The molecule has 1 aliphatic rings. The molecule has 4 heteroatoms. The van der Waals surface area contributed by atoms with Gasteiger partial charge in [0, 0.05) is 18.7 Å². The van der Waals surface area contributed by atoms with Gasteiger partial charge in [-0.25, -0.2) is 0 Å². The van der Waals surface area contributed by atoms with Gasteiger partial charge in [-0.3, -0.25) is 4.79 Å². The van der Waals surface area contributed by atoms with Gasteiger partial charge in [-0.15, -0.1) is 0 Å². The summed E-state index contributed by atoms with van der Waals surface area (Å²) in [6.07, 6.45) is 4.11. The van der Waals surface area contributed by atoms with E-state index in [9.17, 15) is 4.79 Å². The van der Waals surface area contributed by atoms with Gasteiger partial charge in [0.15, 0.2) is 0 Å². The van der Waals surface area contributed by atoms with Crippen molar-refractivity contribution < 1.29 is 9.90 Å². The maximum Gasteiger partial charge on any atom is 0.234 e. The molecule has 0 unspecified atom stereocenters. The SMILES string of the molecule is CCC(C)(C)NC(=O)CNCC1(CCO)CC1. The first kappa shape index (κ1) is 14.5. The van der Waals surface area contributed by atoms with E-state index in [0.29, 0.717) is 6.54 Å². The van der Waals surface area contributed by atoms with Crippen LogP contribution in [-0.4, -0.2) is 36.2 Å². The largest absolute Gasteiger partial charge is 0.396 e. The molecule has 0 radical (unpaired) electrons. The van der Waals surface area contributed by atoms with Crippen LogP contribution in [0, 0.1) is 5.41 Å². The van der Waals surface area contributed by atoms with E-state index in [-0.39, 0.29) is 23.5 Å². The molecule has 4 nitrogen and oxygen atoms in total. The molecule has 0 saturated heterocycles. The van der Waals surface area contributed by atoms with Gasteiger partial charge >= 0.3 is 0 Å². The fourth-order valence-corrected chi connectivity index (χ4v) is 1.88. The van der Waals surface area contributed by atoms with E-state index in [1.54, 1.807) is 0 Å². The first-order chi connectivity index (χ1) is 7.93. The Balaban J connectivity index is 2.16. The van der Waals surface area contributed by atoms with E-state index in [2.05, 4.69) is 17.6 Å². The highest BCUT2D eigenvalue weighted by atomic mass is 16.3. The van der Waals surface area contributed by atoms with Crippen LogP contribution in [0.25, 0.3) is 0 Å². The average Bonchev–Trinajstić information content (AvgIpc) is 2.98. The number of carbonyl (C=O) groups is 1. The van der Waals surface area contributed by atoms with E-state index in [1.807, 2.05) is 13.8 Å². The second-order valence-electron chi connectivity index (χ2n) is 5.86. The number of hydrogen-bond donors (Lipinski definition) is 3. The Morgan fingerprint density at radius 2 is 2.06 bits per heavy atom. The molecule has 3 N–H and O–H groups in total. The first-order valence-electron chi connectivity index (χ1n) is 6.56. The van der Waals surface area contributed by atoms with E-state index in [1.165, 1.54) is 12.8 Å². The third-order valence-corrected chi connectivity index (χ3v) is 3.75. The quantitative estimate of drug-likeness (QED) is 0.596. The first-order valence-corrected chi connectivity index (χ1v) is 6.56. The zero-order chi connectivity index (χ0) is 12.9. The van der Waals surface area contributed by atoms with Crippen molar-refractivity contribution in [1.82, 2.24) is 10.6 Å². The van der Waals surface area contributed by atoms with Crippen molar-refractivity contribution in [2.24, 2.45) is 5.41 Å². The van der Waals surface area contributed by atoms with Gasteiger partial charge in [0.1, 0.15) is 0 Å². The molecule has 0 spiro atoms. The number of hydrogen-bond acceptors (Lipinski definition) is 3. The van der Waals surface area contributed by atoms with Crippen LogP contribution in [0.2, 0.25) is 0 Å². The van der Waals surface area contributed by atoms with Crippen molar-refractivity contribution in [3.63, 3.8) is 0 Å². The van der Waals surface area contributed by atoms with E-state index >= 15 is 0 Å². The highest BCUT2D eigenvalue weighted by Crippen LogP contribution is 2.47. The molecular weight excluding hydrogens is 216 g/mol.